The maximum Gasteiger partial charge on any atom is 0.119 e. The van der Waals surface area contributed by atoms with Gasteiger partial charge in [-0.25, -0.2) is 0 Å². The molecule has 0 aliphatic heterocycles. The highest BCUT2D eigenvalue weighted by atomic mass is 16.5. The monoisotopic (exact) mass is 295 g/mol. The number of rotatable bonds is 11. The van der Waals surface area contributed by atoms with Crippen LogP contribution in [0.15, 0.2) is 24.3 Å². The molecule has 0 spiro atoms. The second-order valence-electron chi connectivity index (χ2n) is 5.55. The molecule has 0 aliphatic rings. The summed E-state index contributed by atoms with van der Waals surface area (Å²) < 4.78 is 11.2. The first-order valence-corrected chi connectivity index (χ1v) is 7.89. The molecule has 2 N–H and O–H groups in total. The van der Waals surface area contributed by atoms with Crippen molar-refractivity contribution in [2.24, 2.45) is 0 Å². The van der Waals surface area contributed by atoms with Crippen molar-refractivity contribution in [2.75, 3.05) is 19.8 Å². The Morgan fingerprint density at radius 1 is 1.05 bits per heavy atom. The van der Waals surface area contributed by atoms with Gasteiger partial charge < -0.3 is 19.9 Å². The summed E-state index contributed by atoms with van der Waals surface area (Å²) in [6.07, 6.45) is 2.98. The van der Waals surface area contributed by atoms with E-state index in [9.17, 15) is 5.11 Å². The first-order chi connectivity index (χ1) is 10.1. The molecule has 0 heterocycles. The molecule has 21 heavy (non-hydrogen) atoms. The van der Waals surface area contributed by atoms with E-state index in [1.165, 1.54) is 12.8 Å². The summed E-state index contributed by atoms with van der Waals surface area (Å²) in [4.78, 5) is 0. The van der Waals surface area contributed by atoms with Crippen molar-refractivity contribution in [3.63, 3.8) is 0 Å². The van der Waals surface area contributed by atoms with E-state index in [1.54, 1.807) is 0 Å². The van der Waals surface area contributed by atoms with Crippen LogP contribution < -0.4 is 14.8 Å². The van der Waals surface area contributed by atoms with Gasteiger partial charge in [0.05, 0.1) is 6.61 Å². The minimum Gasteiger partial charge on any atom is -0.494 e. The molecule has 0 bridgehead atoms. The molecular formula is C17H29NO3. The maximum absolute atomic E-state index is 9.77. The molecule has 1 rings (SSSR count). The Hall–Kier alpha value is -1.26. The van der Waals surface area contributed by atoms with Crippen molar-refractivity contribution in [1.82, 2.24) is 5.32 Å². The molecule has 1 aromatic rings. The van der Waals surface area contributed by atoms with E-state index < -0.39 is 6.10 Å². The number of hydrogen-bond acceptors (Lipinski definition) is 4. The van der Waals surface area contributed by atoms with E-state index in [0.29, 0.717) is 12.6 Å². The molecule has 1 atom stereocenters. The molecule has 0 aliphatic carbocycles. The molecule has 1 aromatic carbocycles. The second kappa shape index (κ2) is 10.5. The smallest absolute Gasteiger partial charge is 0.119 e. The highest BCUT2D eigenvalue weighted by Crippen LogP contribution is 2.18. The van der Waals surface area contributed by atoms with Gasteiger partial charge in [0.15, 0.2) is 0 Å². The van der Waals surface area contributed by atoms with E-state index in [1.807, 2.05) is 38.1 Å². The van der Waals surface area contributed by atoms with Crippen LogP contribution in [0.4, 0.5) is 0 Å². The zero-order valence-corrected chi connectivity index (χ0v) is 13.5. The fourth-order valence-corrected chi connectivity index (χ4v) is 1.80. The summed E-state index contributed by atoms with van der Waals surface area (Å²) in [6.45, 7) is 7.86. The van der Waals surface area contributed by atoms with Crippen molar-refractivity contribution in [2.45, 2.75) is 52.2 Å². The zero-order chi connectivity index (χ0) is 15.5. The highest BCUT2D eigenvalue weighted by Gasteiger charge is 2.06. The molecule has 0 amide bonds. The van der Waals surface area contributed by atoms with Gasteiger partial charge in [0, 0.05) is 12.6 Å². The lowest BCUT2D eigenvalue weighted by Crippen LogP contribution is -2.35. The van der Waals surface area contributed by atoms with Gasteiger partial charge in [-0.15, -0.1) is 0 Å². The average molecular weight is 295 g/mol. The van der Waals surface area contributed by atoms with Gasteiger partial charge in [-0.3, -0.25) is 0 Å². The fourth-order valence-electron chi connectivity index (χ4n) is 1.80. The summed E-state index contributed by atoms with van der Waals surface area (Å²) in [7, 11) is 0. The molecule has 0 saturated heterocycles. The van der Waals surface area contributed by atoms with Gasteiger partial charge in [0.1, 0.15) is 24.2 Å². The normalized spacial score (nSPS) is 12.4. The quantitative estimate of drug-likeness (QED) is 0.616. The molecule has 0 radical (unpaired) electrons. The van der Waals surface area contributed by atoms with Crippen LogP contribution in [0.3, 0.4) is 0 Å². The number of benzene rings is 1. The average Bonchev–Trinajstić information content (AvgIpc) is 2.48. The van der Waals surface area contributed by atoms with E-state index in [-0.39, 0.29) is 6.61 Å². The Morgan fingerprint density at radius 2 is 1.67 bits per heavy atom. The minimum absolute atomic E-state index is 0.288. The van der Waals surface area contributed by atoms with Crippen LogP contribution in [0.1, 0.15) is 40.0 Å². The van der Waals surface area contributed by atoms with Gasteiger partial charge in [-0.05, 0) is 30.7 Å². The second-order valence-corrected chi connectivity index (χ2v) is 5.55. The Morgan fingerprint density at radius 3 is 2.24 bits per heavy atom. The first-order valence-electron chi connectivity index (χ1n) is 7.89. The van der Waals surface area contributed by atoms with Crippen LogP contribution in [0.2, 0.25) is 0 Å². The molecule has 4 heteroatoms. The lowest BCUT2D eigenvalue weighted by molar-refractivity contribution is 0.104. The zero-order valence-electron chi connectivity index (χ0n) is 13.5. The van der Waals surface area contributed by atoms with Crippen molar-refractivity contribution < 1.29 is 14.6 Å². The molecule has 0 aromatic heterocycles. The Bertz CT molecular complexity index is 365. The number of unbranched alkanes of at least 4 members (excludes halogenated alkanes) is 2. The van der Waals surface area contributed by atoms with Crippen molar-refractivity contribution in [3.05, 3.63) is 24.3 Å². The van der Waals surface area contributed by atoms with E-state index in [4.69, 9.17) is 9.47 Å². The van der Waals surface area contributed by atoms with Crippen molar-refractivity contribution in [3.8, 4) is 11.5 Å². The van der Waals surface area contributed by atoms with Gasteiger partial charge in [-0.1, -0.05) is 33.6 Å². The molecule has 0 saturated carbocycles. The predicted molar refractivity (Wildman–Crippen MR) is 86.1 cm³/mol. The van der Waals surface area contributed by atoms with E-state index >= 15 is 0 Å². The minimum atomic E-state index is -0.502. The third-order valence-corrected chi connectivity index (χ3v) is 3.04. The maximum atomic E-state index is 9.77. The number of ether oxygens (including phenoxy) is 2. The molecule has 120 valence electrons. The summed E-state index contributed by atoms with van der Waals surface area (Å²) in [6, 6.07) is 7.92. The number of hydrogen-bond donors (Lipinski definition) is 2. The van der Waals surface area contributed by atoms with Crippen LogP contribution in [0.25, 0.3) is 0 Å². The summed E-state index contributed by atoms with van der Waals surface area (Å²) in [5.41, 5.74) is 0. The Labute approximate surface area is 128 Å². The van der Waals surface area contributed by atoms with Gasteiger partial charge in [0.2, 0.25) is 0 Å². The number of aliphatic hydroxyl groups is 1. The van der Waals surface area contributed by atoms with E-state index in [0.717, 1.165) is 24.5 Å². The fraction of sp³-hybridized carbons (Fsp3) is 0.647. The molecule has 0 fully saturated rings. The summed E-state index contributed by atoms with van der Waals surface area (Å²) in [5, 5.41) is 12.9. The van der Waals surface area contributed by atoms with Gasteiger partial charge in [-0.2, -0.15) is 0 Å². The lowest BCUT2D eigenvalue weighted by atomic mass is 10.2. The number of aliphatic hydroxyl groups excluding tert-OH is 1. The van der Waals surface area contributed by atoms with Gasteiger partial charge >= 0.3 is 0 Å². The first kappa shape index (κ1) is 17.8. The van der Waals surface area contributed by atoms with Gasteiger partial charge in [0.25, 0.3) is 0 Å². The van der Waals surface area contributed by atoms with E-state index in [2.05, 4.69) is 12.2 Å². The SMILES string of the molecule is CCCCCOc1ccc(OCC(O)CNC(C)C)cc1. The third-order valence-electron chi connectivity index (χ3n) is 3.04. The highest BCUT2D eigenvalue weighted by molar-refractivity contribution is 5.31. The molecular weight excluding hydrogens is 266 g/mol. The van der Waals surface area contributed by atoms with Crippen molar-refractivity contribution >= 4 is 0 Å². The lowest BCUT2D eigenvalue weighted by Gasteiger charge is -2.15. The summed E-state index contributed by atoms with van der Waals surface area (Å²) >= 11 is 0. The predicted octanol–water partition coefficient (Wildman–Crippen LogP) is 2.99. The van der Waals surface area contributed by atoms with Crippen molar-refractivity contribution in [1.29, 1.82) is 0 Å². The number of nitrogens with one attached hydrogen (secondary N) is 1. The van der Waals surface area contributed by atoms with Crippen LogP contribution in [-0.4, -0.2) is 37.0 Å². The van der Waals surface area contributed by atoms with Crippen LogP contribution in [0, 0.1) is 0 Å². The topological polar surface area (TPSA) is 50.7 Å². The Kier molecular flexibility index (Phi) is 8.87. The molecule has 4 nitrogen and oxygen atoms in total. The summed E-state index contributed by atoms with van der Waals surface area (Å²) in [5.74, 6) is 1.61. The largest absolute Gasteiger partial charge is 0.494 e. The molecule has 1 unspecified atom stereocenters. The van der Waals surface area contributed by atoms with Crippen LogP contribution >= 0.6 is 0 Å². The Balaban J connectivity index is 2.24. The standard InChI is InChI=1S/C17H29NO3/c1-4-5-6-11-20-16-7-9-17(10-8-16)21-13-15(19)12-18-14(2)3/h7-10,14-15,18-19H,4-6,11-13H2,1-3H3. The third kappa shape index (κ3) is 8.58. The van der Waals surface area contributed by atoms with Crippen LogP contribution in [0.5, 0.6) is 11.5 Å². The van der Waals surface area contributed by atoms with Crippen LogP contribution in [-0.2, 0) is 0 Å².